The zero-order valence-corrected chi connectivity index (χ0v) is 81.7. The molecule has 0 spiro atoms. The van der Waals surface area contributed by atoms with Crippen molar-refractivity contribution in [2.75, 3.05) is 13.7 Å². The molecule has 1 fully saturated rings. The molecule has 1 aliphatic carbocycles. The Morgan fingerprint density at radius 3 is 0.968 bits per heavy atom. The molecular weight excluding hydrogens is 2020 g/mol. The molecule has 5 aromatic carbocycles. The maximum Gasteiger partial charge on any atom is 0.416 e. The van der Waals surface area contributed by atoms with Gasteiger partial charge >= 0.3 is 34.6 Å². The Balaban J connectivity index is 0.000000212. The number of aryl methyl sites for hydroxylation is 5. The first-order chi connectivity index (χ1) is 58.1. The maximum absolute atomic E-state index is 13.4. The topological polar surface area (TPSA) is 393 Å². The predicted molar refractivity (Wildman–Crippen MR) is 410 cm³/mol. The second kappa shape index (κ2) is 49.2. The molecule has 1 saturated carbocycles. The summed E-state index contributed by atoms with van der Waals surface area (Å²) in [6, 6.07) is 46.3. The van der Waals surface area contributed by atoms with E-state index in [1.807, 2.05) is 25.1 Å². The summed E-state index contributed by atoms with van der Waals surface area (Å²) in [7, 11) is 8.98. The van der Waals surface area contributed by atoms with Crippen molar-refractivity contribution >= 4 is 0 Å². The largest absolute Gasteiger partial charge is 0.573 e. The summed E-state index contributed by atoms with van der Waals surface area (Å²) in [5.74, 6) is 4.14. The van der Waals surface area contributed by atoms with Gasteiger partial charge in [-0.1, -0.05) is 73.4 Å². The van der Waals surface area contributed by atoms with Crippen LogP contribution in [0.5, 0.6) is 40.2 Å². The summed E-state index contributed by atoms with van der Waals surface area (Å²) in [5.41, 5.74) is 2.08. The molecule has 0 unspecified atom stereocenters. The zero-order valence-electron chi connectivity index (χ0n) is 67.5. The van der Waals surface area contributed by atoms with E-state index in [1.165, 1.54) is 113 Å². The van der Waals surface area contributed by atoms with E-state index in [2.05, 4.69) is 113 Å². The van der Waals surface area contributed by atoms with E-state index in [0.717, 1.165) is 52.6 Å². The molecular formula is C78H69F5N25O12Y5-5. The van der Waals surface area contributed by atoms with Crippen molar-refractivity contribution in [2.24, 2.45) is 35.2 Å². The average Bonchev–Trinajstić information content (AvgIpc) is 1.48. The number of tetrazole rings is 5. The molecule has 47 heteroatoms. The molecule has 0 amide bonds. The third-order valence-electron chi connectivity index (χ3n) is 17.4. The van der Waals surface area contributed by atoms with Gasteiger partial charge in [-0.3, -0.25) is 0 Å². The number of hydrogen-bond donors (Lipinski definition) is 0. The number of nitrogens with zero attached hydrogens (tertiary/aromatic N) is 25. The molecule has 5 radical (unpaired) electrons. The monoisotopic (exact) mass is 2090 g/mol. The predicted octanol–water partition coefficient (Wildman–Crippen LogP) is 6.93. The molecule has 1 aliphatic rings. The Morgan fingerprint density at radius 2 is 0.664 bits per heavy atom. The average molecular weight is 2090 g/mol. The van der Waals surface area contributed by atoms with Crippen LogP contribution in [0.4, 0.5) is 22.0 Å². The van der Waals surface area contributed by atoms with Crippen molar-refractivity contribution in [3.8, 4) is 68.7 Å². The van der Waals surface area contributed by atoms with E-state index in [1.54, 1.807) is 107 Å². The fraction of sp³-hybridized carbons (Fsp3) is 0.231. The van der Waals surface area contributed by atoms with E-state index in [9.17, 15) is 45.9 Å². The molecule has 10 aromatic heterocycles. The molecule has 0 N–H and O–H groups in total. The first kappa shape index (κ1) is 102. The fourth-order valence-electron chi connectivity index (χ4n) is 11.4. The Morgan fingerprint density at radius 1 is 0.376 bits per heavy atom. The third-order valence-corrected chi connectivity index (χ3v) is 17.4. The van der Waals surface area contributed by atoms with E-state index < -0.39 is 36.2 Å². The van der Waals surface area contributed by atoms with Crippen molar-refractivity contribution in [1.29, 1.82) is 0 Å². The van der Waals surface area contributed by atoms with E-state index in [-0.39, 0.29) is 234 Å². The van der Waals surface area contributed by atoms with Gasteiger partial charge in [-0.2, -0.15) is 90.3 Å². The van der Waals surface area contributed by atoms with Gasteiger partial charge in [0.15, 0.2) is 0 Å². The molecule has 16 rings (SSSR count). The smallest absolute Gasteiger partial charge is 0.416 e. The van der Waals surface area contributed by atoms with Crippen molar-refractivity contribution in [3.05, 3.63) is 311 Å². The molecule has 37 nitrogen and oxygen atoms in total. The minimum atomic E-state index is -4.62. The van der Waals surface area contributed by atoms with Gasteiger partial charge in [0.25, 0.3) is 6.43 Å². The van der Waals surface area contributed by atoms with Crippen molar-refractivity contribution in [1.82, 2.24) is 124 Å². The quantitative estimate of drug-likeness (QED) is 0.0413. The van der Waals surface area contributed by atoms with E-state index in [0.29, 0.717) is 81.8 Å². The van der Waals surface area contributed by atoms with E-state index in [4.69, 9.17) is 33.2 Å². The summed E-state index contributed by atoms with van der Waals surface area (Å²) in [4.78, 5) is 80.1. The van der Waals surface area contributed by atoms with Crippen LogP contribution < -0.4 is 61.6 Å². The second-order valence-corrected chi connectivity index (χ2v) is 25.2. The molecule has 0 atom stereocenters. The molecule has 10 heterocycles. The number of benzene rings is 5. The van der Waals surface area contributed by atoms with Crippen LogP contribution in [0.3, 0.4) is 0 Å². The number of halogens is 5. The summed E-state index contributed by atoms with van der Waals surface area (Å²) < 4.78 is 117. The number of pyridine rings is 5. The van der Waals surface area contributed by atoms with Gasteiger partial charge in [0, 0.05) is 221 Å². The van der Waals surface area contributed by atoms with Gasteiger partial charge in [0.05, 0.1) is 91.9 Å². The minimum Gasteiger partial charge on any atom is -0.573 e. The van der Waals surface area contributed by atoms with Gasteiger partial charge in [-0.05, 0) is 192 Å². The van der Waals surface area contributed by atoms with Crippen LogP contribution in [-0.2, 0) is 238 Å². The second-order valence-electron chi connectivity index (χ2n) is 25.2. The first-order valence-electron chi connectivity index (χ1n) is 35.9. The van der Waals surface area contributed by atoms with Crippen molar-refractivity contribution in [3.63, 3.8) is 0 Å². The molecule has 0 saturated heterocycles. The van der Waals surface area contributed by atoms with Crippen LogP contribution in [0.25, 0.3) is 28.4 Å². The first-order valence-corrected chi connectivity index (χ1v) is 35.9. The summed E-state index contributed by atoms with van der Waals surface area (Å²) >= 11 is 0. The van der Waals surface area contributed by atoms with Crippen LogP contribution in [0.15, 0.2) is 207 Å². The van der Waals surface area contributed by atoms with Gasteiger partial charge in [-0.25, -0.2) is 63.1 Å². The van der Waals surface area contributed by atoms with Crippen LogP contribution in [0, 0.1) is 30.3 Å². The SMILES string of the molecule is CCOc1cccc(-n2nnn(C)c2=O)c1COc1c[c-]cnc1.COc1cccc(-n2nnn(C)c2=O)c1COc1c[c-]cnc1.Cn1nnn(-c2cccc(C(F)(F)F)c2COc2c[c-]cnc2)c1=O.Cn1nnn(-c2cccc(C(F)F)c2COc2c[c-]cnc2)c1=O.Cn1nnn(-c2cccc(C3CC3)c2COc2c[c-]cnc2)c1=O.[Y].[Y].[Y].[Y].[Y]. The molecule has 125 heavy (non-hydrogen) atoms. The Bertz CT molecular complexity index is 6100. The number of ether oxygens (including phenoxy) is 7. The summed E-state index contributed by atoms with van der Waals surface area (Å²) in [5, 5.41) is 37.4. The van der Waals surface area contributed by atoms with Crippen molar-refractivity contribution < 1.29 is 219 Å². The van der Waals surface area contributed by atoms with Crippen LogP contribution >= 0.6 is 0 Å². The Hall–Kier alpha value is -10.0. The number of rotatable bonds is 25. The number of hydrogen-bond acceptors (Lipinski definition) is 27. The normalized spacial score (nSPS) is 11.0. The molecule has 0 aliphatic heterocycles. The molecule has 15 aromatic rings. The van der Waals surface area contributed by atoms with Gasteiger partial charge in [-0.15, -0.1) is 0 Å². The standard InChI is InChI=1S/C17H16N5O2.C16H16N5O3.C15H11F3N5O2.C15H12F2N5O2.C15H14N5O3.5Y/c1-21-17(23)22(20-19-21)16-6-2-5-14(12-7-8-12)15(16)11-24-13-4-3-9-18-10-13;1-3-23-15-8-4-7-14(21-16(22)20(2)18-19-21)13(15)11-24-12-6-5-9-17-10-12;1-22-14(24)23(21-20-22)13-6-2-5-12(15(16,17)18)11(13)9-25-10-4-3-7-19-8-10;1-21-15(23)22(20-19-21)13-6-2-5-11(14(16)17)12(13)9-24-10-4-3-7-18-8-10;1-19-15(21)20(18-17-19)13-6-3-7-14(22-2)12(13)10-23-11-5-4-8-16-9-11;;;;;/h2,4-6,9-10,12H,7-8,11H2,1H3;4,6-10H,3,11H2,1-2H3;2,4-8H,9H2,1H3;2,4-8,14H,9H2,1H3;3,5-9H,10H2,1-2H3;;;;;/q5*-1;;;;;. The Kier molecular flexibility index (Phi) is 40.2. The number of aromatic nitrogens is 25. The van der Waals surface area contributed by atoms with Gasteiger partial charge < -0.3 is 58.1 Å². The zero-order chi connectivity index (χ0) is 84.8. The van der Waals surface area contributed by atoms with Crippen LogP contribution in [0.1, 0.15) is 76.6 Å². The maximum atomic E-state index is 13.4. The molecule has 633 valence electrons. The van der Waals surface area contributed by atoms with E-state index >= 15 is 0 Å². The van der Waals surface area contributed by atoms with Crippen LogP contribution in [0.2, 0.25) is 0 Å². The van der Waals surface area contributed by atoms with Crippen LogP contribution in [-0.4, -0.2) is 138 Å². The summed E-state index contributed by atoms with van der Waals surface area (Å²) in [6.45, 7) is 2.47. The van der Waals surface area contributed by atoms with Gasteiger partial charge in [0.2, 0.25) is 0 Å². The summed E-state index contributed by atoms with van der Waals surface area (Å²) in [6.07, 6.45) is 10.1. The van der Waals surface area contributed by atoms with Gasteiger partial charge in [0.1, 0.15) is 11.5 Å². The third kappa shape index (κ3) is 26.6. The minimum absolute atomic E-state index is 0. The fourth-order valence-corrected chi connectivity index (χ4v) is 11.4. The molecule has 0 bridgehead atoms. The number of alkyl halides is 5. The number of methoxy groups -OCH3 is 1. The Labute approximate surface area is 832 Å². The van der Waals surface area contributed by atoms with Crippen molar-refractivity contribution in [2.45, 2.75) is 71.3 Å².